The van der Waals surface area contributed by atoms with Crippen LogP contribution < -0.4 is 5.56 Å². The number of hydrogen-bond acceptors (Lipinski definition) is 5. The zero-order valence-electron chi connectivity index (χ0n) is 10.8. The van der Waals surface area contributed by atoms with E-state index in [1.165, 1.54) is 15.5 Å². The summed E-state index contributed by atoms with van der Waals surface area (Å²) < 4.78 is 1.34. The van der Waals surface area contributed by atoms with Crippen LogP contribution in [0.25, 0.3) is 17.0 Å². The molecule has 3 aromatic rings. The standard InChI is InChI=1S/C11H13N7O/c1-11(2,3)18-15-9(14-16-18)7-6-12-8-4-5-13-17(8)10(7)19/h4-6,13H,1-3H3. The van der Waals surface area contributed by atoms with Crippen LogP contribution in [0.5, 0.6) is 0 Å². The van der Waals surface area contributed by atoms with Gasteiger partial charge >= 0.3 is 0 Å². The first-order valence-electron chi connectivity index (χ1n) is 5.83. The van der Waals surface area contributed by atoms with Crippen LogP contribution in [0.3, 0.4) is 0 Å². The zero-order valence-corrected chi connectivity index (χ0v) is 10.8. The van der Waals surface area contributed by atoms with E-state index in [4.69, 9.17) is 0 Å². The number of H-pyrrole nitrogens is 1. The van der Waals surface area contributed by atoms with Crippen molar-refractivity contribution >= 4 is 5.65 Å². The van der Waals surface area contributed by atoms with Crippen molar-refractivity contribution in [3.8, 4) is 11.4 Å². The van der Waals surface area contributed by atoms with E-state index in [0.29, 0.717) is 11.2 Å². The fraction of sp³-hybridized carbons (Fsp3) is 0.364. The van der Waals surface area contributed by atoms with Crippen LogP contribution in [0, 0.1) is 0 Å². The van der Waals surface area contributed by atoms with E-state index in [9.17, 15) is 4.79 Å². The van der Waals surface area contributed by atoms with Crippen molar-refractivity contribution in [1.82, 2.24) is 34.8 Å². The topological polar surface area (TPSA) is 93.8 Å². The Kier molecular flexibility index (Phi) is 2.28. The Labute approximate surface area is 108 Å². The lowest BCUT2D eigenvalue weighted by molar-refractivity contribution is 0.306. The summed E-state index contributed by atoms with van der Waals surface area (Å²) in [4.78, 5) is 17.9. The van der Waals surface area contributed by atoms with Crippen molar-refractivity contribution in [2.45, 2.75) is 26.3 Å². The Morgan fingerprint density at radius 2 is 2.11 bits per heavy atom. The quantitative estimate of drug-likeness (QED) is 0.684. The molecule has 19 heavy (non-hydrogen) atoms. The fourth-order valence-electron chi connectivity index (χ4n) is 1.66. The number of nitrogens with zero attached hydrogens (tertiary/aromatic N) is 6. The van der Waals surface area contributed by atoms with Gasteiger partial charge in [-0.25, -0.2) is 9.50 Å². The molecule has 0 aliphatic heterocycles. The molecule has 8 heteroatoms. The second-order valence-electron chi connectivity index (χ2n) is 5.21. The molecule has 0 atom stereocenters. The highest BCUT2D eigenvalue weighted by atomic mass is 16.1. The molecule has 0 amide bonds. The van der Waals surface area contributed by atoms with Gasteiger partial charge in [0.2, 0.25) is 5.82 Å². The van der Waals surface area contributed by atoms with E-state index in [1.807, 2.05) is 20.8 Å². The molecule has 0 aromatic carbocycles. The molecule has 0 bridgehead atoms. The maximum atomic E-state index is 12.2. The van der Waals surface area contributed by atoms with Crippen molar-refractivity contribution in [2.75, 3.05) is 0 Å². The van der Waals surface area contributed by atoms with Gasteiger partial charge < -0.3 is 0 Å². The van der Waals surface area contributed by atoms with Crippen LogP contribution in [-0.4, -0.2) is 34.8 Å². The van der Waals surface area contributed by atoms with Gasteiger partial charge in [0.15, 0.2) is 5.65 Å². The highest BCUT2D eigenvalue weighted by Crippen LogP contribution is 2.13. The van der Waals surface area contributed by atoms with Crippen LogP contribution in [0.4, 0.5) is 0 Å². The summed E-state index contributed by atoms with van der Waals surface area (Å²) in [6.45, 7) is 5.87. The predicted molar refractivity (Wildman–Crippen MR) is 67.6 cm³/mol. The summed E-state index contributed by atoms with van der Waals surface area (Å²) in [5.41, 5.74) is 0.335. The molecule has 98 valence electrons. The highest BCUT2D eigenvalue weighted by molar-refractivity contribution is 5.53. The third-order valence-corrected chi connectivity index (χ3v) is 2.68. The number of aromatic nitrogens is 7. The monoisotopic (exact) mass is 259 g/mol. The highest BCUT2D eigenvalue weighted by Gasteiger charge is 2.19. The summed E-state index contributed by atoms with van der Waals surface area (Å²) in [7, 11) is 0. The van der Waals surface area contributed by atoms with E-state index < -0.39 is 0 Å². The average molecular weight is 259 g/mol. The van der Waals surface area contributed by atoms with Gasteiger partial charge in [0, 0.05) is 18.5 Å². The Morgan fingerprint density at radius 1 is 1.32 bits per heavy atom. The number of hydrogen-bond donors (Lipinski definition) is 1. The molecule has 8 nitrogen and oxygen atoms in total. The Hall–Kier alpha value is -2.51. The minimum absolute atomic E-state index is 0.247. The molecular formula is C11H13N7O. The minimum Gasteiger partial charge on any atom is -0.297 e. The maximum Gasteiger partial charge on any atom is 0.283 e. The van der Waals surface area contributed by atoms with Gasteiger partial charge in [0.1, 0.15) is 5.56 Å². The second-order valence-corrected chi connectivity index (χ2v) is 5.21. The summed E-state index contributed by atoms with van der Waals surface area (Å²) in [5, 5.41) is 14.9. The van der Waals surface area contributed by atoms with Crippen LogP contribution >= 0.6 is 0 Å². The van der Waals surface area contributed by atoms with Gasteiger partial charge in [-0.1, -0.05) is 0 Å². The van der Waals surface area contributed by atoms with Crippen molar-refractivity contribution in [3.63, 3.8) is 0 Å². The lowest BCUT2D eigenvalue weighted by Crippen LogP contribution is -2.24. The van der Waals surface area contributed by atoms with Crippen LogP contribution in [0.2, 0.25) is 0 Å². The van der Waals surface area contributed by atoms with Gasteiger partial charge in [-0.3, -0.25) is 9.89 Å². The summed E-state index contributed by atoms with van der Waals surface area (Å²) in [6, 6.07) is 1.71. The molecule has 0 radical (unpaired) electrons. The number of fused-ring (bicyclic) bond motifs is 1. The summed E-state index contributed by atoms with van der Waals surface area (Å²) >= 11 is 0. The molecule has 0 aliphatic rings. The van der Waals surface area contributed by atoms with Crippen LogP contribution in [0.1, 0.15) is 20.8 Å². The molecule has 3 aromatic heterocycles. The van der Waals surface area contributed by atoms with E-state index >= 15 is 0 Å². The smallest absolute Gasteiger partial charge is 0.283 e. The normalized spacial score (nSPS) is 12.2. The predicted octanol–water partition coefficient (Wildman–Crippen LogP) is 0.431. The van der Waals surface area contributed by atoms with E-state index in [-0.39, 0.29) is 16.9 Å². The first-order chi connectivity index (χ1) is 8.97. The minimum atomic E-state index is -0.286. The molecule has 0 saturated carbocycles. The van der Waals surface area contributed by atoms with E-state index in [2.05, 4.69) is 25.5 Å². The Morgan fingerprint density at radius 3 is 2.79 bits per heavy atom. The van der Waals surface area contributed by atoms with Crippen LogP contribution in [-0.2, 0) is 5.54 Å². The van der Waals surface area contributed by atoms with E-state index in [0.717, 1.165) is 0 Å². The first kappa shape index (κ1) is 11.6. The summed E-state index contributed by atoms with van der Waals surface area (Å²) in [6.07, 6.45) is 3.11. The average Bonchev–Trinajstić information content (AvgIpc) is 2.96. The third kappa shape index (κ3) is 1.81. The third-order valence-electron chi connectivity index (χ3n) is 2.68. The van der Waals surface area contributed by atoms with Gasteiger partial charge in [-0.15, -0.1) is 10.2 Å². The van der Waals surface area contributed by atoms with Crippen molar-refractivity contribution in [1.29, 1.82) is 0 Å². The SMILES string of the molecule is CC(C)(C)n1nnc(-c2cnc3cc[nH]n3c2=O)n1. The number of tetrazole rings is 1. The Balaban J connectivity index is 2.17. The van der Waals surface area contributed by atoms with Crippen LogP contribution in [0.15, 0.2) is 23.3 Å². The lowest BCUT2D eigenvalue weighted by Gasteiger charge is -2.15. The molecule has 3 rings (SSSR count). The Bertz CT molecular complexity index is 789. The number of nitrogens with one attached hydrogen (secondary N) is 1. The molecule has 0 fully saturated rings. The fourth-order valence-corrected chi connectivity index (χ4v) is 1.66. The first-order valence-corrected chi connectivity index (χ1v) is 5.83. The van der Waals surface area contributed by atoms with Crippen molar-refractivity contribution < 1.29 is 0 Å². The molecule has 3 heterocycles. The maximum absolute atomic E-state index is 12.2. The van der Waals surface area contributed by atoms with Gasteiger partial charge in [-0.2, -0.15) is 4.80 Å². The second kappa shape index (κ2) is 3.74. The zero-order chi connectivity index (χ0) is 13.6. The van der Waals surface area contributed by atoms with Gasteiger partial charge in [-0.05, 0) is 26.0 Å². The molecular weight excluding hydrogens is 246 g/mol. The molecule has 0 spiro atoms. The molecule has 0 saturated heterocycles. The van der Waals surface area contributed by atoms with E-state index in [1.54, 1.807) is 12.3 Å². The lowest BCUT2D eigenvalue weighted by atomic mass is 10.1. The summed E-state index contributed by atoms with van der Waals surface area (Å²) in [5.74, 6) is 0.274. The molecule has 0 aliphatic carbocycles. The van der Waals surface area contributed by atoms with Crippen molar-refractivity contribution in [3.05, 3.63) is 28.8 Å². The number of rotatable bonds is 1. The largest absolute Gasteiger partial charge is 0.297 e. The van der Waals surface area contributed by atoms with Crippen molar-refractivity contribution in [2.24, 2.45) is 0 Å². The molecule has 0 unspecified atom stereocenters. The van der Waals surface area contributed by atoms with Gasteiger partial charge in [0.05, 0.1) is 5.54 Å². The molecule has 1 N–H and O–H groups in total. The number of aromatic amines is 1. The van der Waals surface area contributed by atoms with Gasteiger partial charge in [0.25, 0.3) is 5.56 Å².